The fraction of sp³-hybridized carbons (Fsp3) is 0.581. The number of aliphatic hydroxyl groups is 1. The first kappa shape index (κ1) is 27.1. The van der Waals surface area contributed by atoms with Crippen LogP contribution in [0.1, 0.15) is 48.6 Å². The number of β-amino-alcohol motifs (C(OH)–C–C–N with tert-alkyl or cyclic N) is 1. The summed E-state index contributed by atoms with van der Waals surface area (Å²) in [5.74, 6) is 2.52. The molecule has 5 aliphatic heterocycles. The van der Waals surface area contributed by atoms with Gasteiger partial charge in [-0.3, -0.25) is 9.69 Å². The number of fused-ring (bicyclic) bond motifs is 4. The maximum absolute atomic E-state index is 13.2. The number of amides is 1. The van der Waals surface area contributed by atoms with Crippen molar-refractivity contribution in [2.45, 2.75) is 62.8 Å². The van der Waals surface area contributed by atoms with Crippen LogP contribution < -0.4 is 10.2 Å². The standard InChI is InChI=1S/C31H38N8O4/c40-11-9-37-10-12-43-26(16-37)30(41)38-8-7-24-19(15-38)1-6-27(33-24)35-31-32-14-20-13-25(21-17-42-18-21)34-29(28(20)36-31)39-22-2-3-23(39)5-4-22/h1,6,13-14,21-23,26,40H,2-5,7-12,15-18H2,(H,32,33,35,36). The number of anilines is 3. The summed E-state index contributed by atoms with van der Waals surface area (Å²) in [5.41, 5.74) is 3.97. The van der Waals surface area contributed by atoms with E-state index in [1.165, 1.54) is 25.7 Å². The number of carbonyl (C=O) groups is 1. The number of ether oxygens (including phenoxy) is 2. The van der Waals surface area contributed by atoms with Crippen molar-refractivity contribution in [1.29, 1.82) is 0 Å². The van der Waals surface area contributed by atoms with E-state index in [0.717, 1.165) is 53.4 Å². The number of nitrogens with one attached hydrogen (secondary N) is 1. The first-order valence-corrected chi connectivity index (χ1v) is 15.7. The lowest BCUT2D eigenvalue weighted by Gasteiger charge is -2.36. The molecule has 0 radical (unpaired) electrons. The molecule has 4 saturated heterocycles. The van der Waals surface area contributed by atoms with E-state index in [1.54, 1.807) is 0 Å². The van der Waals surface area contributed by atoms with Crippen LogP contribution in [-0.2, 0) is 27.2 Å². The van der Waals surface area contributed by atoms with Gasteiger partial charge in [-0.15, -0.1) is 0 Å². The van der Waals surface area contributed by atoms with Crippen LogP contribution in [0.4, 0.5) is 17.6 Å². The first-order chi connectivity index (χ1) is 21.1. The van der Waals surface area contributed by atoms with Gasteiger partial charge in [0.25, 0.3) is 5.91 Å². The van der Waals surface area contributed by atoms with Gasteiger partial charge in [0.05, 0.1) is 32.1 Å². The summed E-state index contributed by atoms with van der Waals surface area (Å²) >= 11 is 0. The van der Waals surface area contributed by atoms with Gasteiger partial charge < -0.3 is 29.7 Å². The lowest BCUT2D eigenvalue weighted by Crippen LogP contribution is -2.52. The van der Waals surface area contributed by atoms with Gasteiger partial charge in [0.2, 0.25) is 5.95 Å². The average molecular weight is 587 g/mol. The predicted octanol–water partition coefficient (Wildman–Crippen LogP) is 1.99. The van der Waals surface area contributed by atoms with E-state index in [2.05, 4.69) is 26.2 Å². The van der Waals surface area contributed by atoms with E-state index in [9.17, 15) is 9.90 Å². The van der Waals surface area contributed by atoms with Crippen LogP contribution in [0.3, 0.4) is 0 Å². The first-order valence-electron chi connectivity index (χ1n) is 15.7. The van der Waals surface area contributed by atoms with Crippen molar-refractivity contribution in [3.8, 4) is 0 Å². The van der Waals surface area contributed by atoms with Crippen LogP contribution in [0.25, 0.3) is 10.9 Å². The second-order valence-corrected chi connectivity index (χ2v) is 12.4. The Morgan fingerprint density at radius 1 is 1.07 bits per heavy atom. The van der Waals surface area contributed by atoms with Crippen LogP contribution in [-0.4, -0.2) is 112 Å². The SMILES string of the molecule is O=C(C1CN(CCO)CCO1)N1CCc2nc(Nc3ncc4cc(C5COC5)nc(N5C6CCC5CC6)c4n3)ccc2C1. The van der Waals surface area contributed by atoms with Crippen LogP contribution in [0.2, 0.25) is 0 Å². The molecule has 2 bridgehead atoms. The predicted molar refractivity (Wildman–Crippen MR) is 159 cm³/mol. The van der Waals surface area contributed by atoms with Crippen molar-refractivity contribution >= 4 is 34.4 Å². The third kappa shape index (κ3) is 5.09. The van der Waals surface area contributed by atoms with Crippen molar-refractivity contribution in [2.24, 2.45) is 0 Å². The molecule has 1 unspecified atom stereocenters. The fourth-order valence-corrected chi connectivity index (χ4v) is 7.35. The maximum Gasteiger partial charge on any atom is 0.253 e. The zero-order valence-corrected chi connectivity index (χ0v) is 24.3. The van der Waals surface area contributed by atoms with Crippen LogP contribution in [0.15, 0.2) is 24.4 Å². The zero-order valence-electron chi connectivity index (χ0n) is 24.3. The quantitative estimate of drug-likeness (QED) is 0.422. The molecular weight excluding hydrogens is 548 g/mol. The molecule has 0 aromatic carbocycles. The number of aromatic nitrogens is 4. The van der Waals surface area contributed by atoms with Gasteiger partial charge in [-0.1, -0.05) is 6.07 Å². The second-order valence-electron chi connectivity index (χ2n) is 12.4. The summed E-state index contributed by atoms with van der Waals surface area (Å²) in [6.45, 7) is 4.94. The molecular formula is C31H38N8O4. The molecule has 0 aliphatic carbocycles. The van der Waals surface area contributed by atoms with E-state index >= 15 is 0 Å². The molecule has 4 fully saturated rings. The minimum absolute atomic E-state index is 0.00361. The number of morpholine rings is 1. The molecule has 5 aliphatic rings. The Balaban J connectivity index is 1.01. The maximum atomic E-state index is 13.2. The lowest BCUT2D eigenvalue weighted by atomic mass is 10.0. The van der Waals surface area contributed by atoms with Crippen molar-refractivity contribution < 1.29 is 19.4 Å². The highest BCUT2D eigenvalue weighted by Crippen LogP contribution is 2.43. The molecule has 43 heavy (non-hydrogen) atoms. The molecule has 8 heterocycles. The normalized spacial score (nSPS) is 25.7. The van der Waals surface area contributed by atoms with Crippen LogP contribution >= 0.6 is 0 Å². The van der Waals surface area contributed by atoms with Crippen LogP contribution in [0.5, 0.6) is 0 Å². The van der Waals surface area contributed by atoms with Crippen molar-refractivity contribution in [2.75, 3.05) is 62.8 Å². The highest BCUT2D eigenvalue weighted by molar-refractivity contribution is 5.90. The summed E-state index contributed by atoms with van der Waals surface area (Å²) in [5, 5.41) is 13.6. The monoisotopic (exact) mass is 586 g/mol. The van der Waals surface area contributed by atoms with E-state index < -0.39 is 6.10 Å². The molecule has 3 aromatic rings. The topological polar surface area (TPSA) is 129 Å². The van der Waals surface area contributed by atoms with Crippen molar-refractivity contribution in [1.82, 2.24) is 29.7 Å². The molecule has 2 N–H and O–H groups in total. The highest BCUT2D eigenvalue weighted by Gasteiger charge is 2.41. The number of pyridine rings is 2. The number of nitrogens with zero attached hydrogens (tertiary/aromatic N) is 7. The van der Waals surface area contributed by atoms with Gasteiger partial charge >= 0.3 is 0 Å². The Labute approximate surface area is 250 Å². The van der Waals surface area contributed by atoms with E-state index in [-0.39, 0.29) is 12.5 Å². The lowest BCUT2D eigenvalue weighted by molar-refractivity contribution is -0.150. The van der Waals surface area contributed by atoms with E-state index in [1.807, 2.05) is 23.2 Å². The summed E-state index contributed by atoms with van der Waals surface area (Å²) in [6.07, 6.45) is 6.96. The Morgan fingerprint density at radius 2 is 1.91 bits per heavy atom. The third-order valence-corrected chi connectivity index (χ3v) is 9.76. The molecule has 12 nitrogen and oxygen atoms in total. The van der Waals surface area contributed by atoms with Gasteiger partial charge in [0.15, 0.2) is 5.82 Å². The van der Waals surface area contributed by atoms with Gasteiger partial charge in [0.1, 0.15) is 17.4 Å². The van der Waals surface area contributed by atoms with Gasteiger partial charge in [0, 0.05) is 74.4 Å². The molecule has 226 valence electrons. The number of carbonyl (C=O) groups excluding carboxylic acids is 1. The molecule has 12 heteroatoms. The molecule has 0 saturated carbocycles. The zero-order chi connectivity index (χ0) is 28.9. The number of hydrogen-bond donors (Lipinski definition) is 2. The van der Waals surface area contributed by atoms with Gasteiger partial charge in [-0.2, -0.15) is 0 Å². The molecule has 3 aromatic heterocycles. The Kier molecular flexibility index (Phi) is 7.09. The minimum atomic E-state index is -0.492. The summed E-state index contributed by atoms with van der Waals surface area (Å²) in [4.78, 5) is 39.4. The van der Waals surface area contributed by atoms with Crippen molar-refractivity contribution in [3.63, 3.8) is 0 Å². The number of aliphatic hydroxyl groups excluding tert-OH is 1. The second kappa shape index (κ2) is 11.2. The Bertz CT molecular complexity index is 1510. The van der Waals surface area contributed by atoms with E-state index in [4.69, 9.17) is 24.4 Å². The minimum Gasteiger partial charge on any atom is -0.395 e. The molecule has 1 amide bonds. The summed E-state index contributed by atoms with van der Waals surface area (Å²) in [6, 6.07) is 7.17. The third-order valence-electron chi connectivity index (χ3n) is 9.76. The average Bonchev–Trinajstić information content (AvgIpc) is 3.60. The summed E-state index contributed by atoms with van der Waals surface area (Å²) in [7, 11) is 0. The smallest absolute Gasteiger partial charge is 0.253 e. The highest BCUT2D eigenvalue weighted by atomic mass is 16.5. The largest absolute Gasteiger partial charge is 0.395 e. The Hall–Kier alpha value is -3.45. The molecule has 0 spiro atoms. The number of rotatable bonds is 7. The molecule has 1 atom stereocenters. The van der Waals surface area contributed by atoms with Crippen LogP contribution in [0, 0.1) is 0 Å². The summed E-state index contributed by atoms with van der Waals surface area (Å²) < 4.78 is 11.3. The number of hydrogen-bond acceptors (Lipinski definition) is 11. The molecule has 8 rings (SSSR count). The Morgan fingerprint density at radius 3 is 2.67 bits per heavy atom. The van der Waals surface area contributed by atoms with E-state index in [0.29, 0.717) is 69.0 Å². The van der Waals surface area contributed by atoms with Crippen molar-refractivity contribution in [3.05, 3.63) is 41.3 Å². The van der Waals surface area contributed by atoms with Gasteiger partial charge in [-0.05, 0) is 43.4 Å². The fourth-order valence-electron chi connectivity index (χ4n) is 7.35. The van der Waals surface area contributed by atoms with Gasteiger partial charge in [-0.25, -0.2) is 19.9 Å².